The highest BCUT2D eigenvalue weighted by molar-refractivity contribution is 5.83. The largest absolute Gasteiger partial charge is 0.454 e. The molecular formula is C19H17N5O3. The highest BCUT2D eigenvalue weighted by Crippen LogP contribution is 2.35. The van der Waals surface area contributed by atoms with Crippen molar-refractivity contribution in [2.75, 3.05) is 13.3 Å². The van der Waals surface area contributed by atoms with Gasteiger partial charge in [0.2, 0.25) is 6.79 Å². The van der Waals surface area contributed by atoms with Crippen LogP contribution in [0.2, 0.25) is 0 Å². The first-order valence-electron chi connectivity index (χ1n) is 8.84. The van der Waals surface area contributed by atoms with Crippen LogP contribution in [0.3, 0.4) is 0 Å². The van der Waals surface area contributed by atoms with E-state index < -0.39 is 0 Å². The summed E-state index contributed by atoms with van der Waals surface area (Å²) in [6.45, 7) is 3.05. The van der Waals surface area contributed by atoms with Crippen molar-refractivity contribution in [3.05, 3.63) is 51.6 Å². The molecule has 1 aromatic carbocycles. The summed E-state index contributed by atoms with van der Waals surface area (Å²) in [5.74, 6) is 1.35. The van der Waals surface area contributed by atoms with Crippen LogP contribution in [0.4, 0.5) is 0 Å². The average Bonchev–Trinajstić information content (AvgIpc) is 3.22. The molecule has 4 heterocycles. The summed E-state index contributed by atoms with van der Waals surface area (Å²) in [6.07, 6.45) is 0.920. The fraction of sp³-hybridized carbons (Fsp3) is 0.316. The molecule has 0 unspecified atom stereocenters. The van der Waals surface area contributed by atoms with Crippen LogP contribution in [0, 0.1) is 11.3 Å². The molecule has 0 fully saturated rings. The second kappa shape index (κ2) is 6.14. The van der Waals surface area contributed by atoms with Crippen LogP contribution in [-0.4, -0.2) is 33.0 Å². The monoisotopic (exact) mass is 363 g/mol. The molecule has 0 spiro atoms. The number of benzene rings is 1. The first-order valence-corrected chi connectivity index (χ1v) is 8.84. The van der Waals surface area contributed by atoms with Crippen LogP contribution in [-0.2, 0) is 19.6 Å². The first-order chi connectivity index (χ1) is 13.2. The van der Waals surface area contributed by atoms with Crippen molar-refractivity contribution in [3.8, 4) is 17.6 Å². The molecule has 0 radical (unpaired) electrons. The number of fused-ring (bicyclic) bond motifs is 3. The zero-order valence-electron chi connectivity index (χ0n) is 14.6. The third-order valence-corrected chi connectivity index (χ3v) is 5.02. The number of aromatic nitrogens is 3. The van der Waals surface area contributed by atoms with E-state index in [0.29, 0.717) is 35.8 Å². The van der Waals surface area contributed by atoms with Gasteiger partial charge in [-0.3, -0.25) is 14.4 Å². The number of aromatic amines is 1. The van der Waals surface area contributed by atoms with Gasteiger partial charge in [0, 0.05) is 43.2 Å². The zero-order chi connectivity index (χ0) is 18.4. The molecule has 8 heteroatoms. The molecule has 0 saturated carbocycles. The minimum absolute atomic E-state index is 0.100. The molecule has 3 aromatic rings. The maximum Gasteiger partial charge on any atom is 0.252 e. The van der Waals surface area contributed by atoms with Crippen LogP contribution < -0.4 is 15.0 Å². The van der Waals surface area contributed by atoms with Gasteiger partial charge in [0.1, 0.15) is 6.07 Å². The van der Waals surface area contributed by atoms with E-state index in [1.165, 1.54) is 0 Å². The summed E-state index contributed by atoms with van der Waals surface area (Å²) in [4.78, 5) is 17.7. The van der Waals surface area contributed by atoms with Gasteiger partial charge in [-0.25, -0.2) is 0 Å². The van der Waals surface area contributed by atoms with Gasteiger partial charge in [0.25, 0.3) is 5.56 Å². The van der Waals surface area contributed by atoms with E-state index in [9.17, 15) is 4.79 Å². The standard InChI is InChI=1S/C19H17N5O3/c20-8-14-6-15-10-23(2-1-3-24(15)22-14)9-13-4-12-5-17-18(27-11-26-17)7-16(12)21-19(13)25/h4-7H,1-3,9-11H2,(H,21,25). The molecule has 27 heavy (non-hydrogen) atoms. The summed E-state index contributed by atoms with van der Waals surface area (Å²) < 4.78 is 12.7. The quantitative estimate of drug-likeness (QED) is 0.745. The Morgan fingerprint density at radius 1 is 1.19 bits per heavy atom. The molecule has 2 aromatic heterocycles. The van der Waals surface area contributed by atoms with Crippen LogP contribution in [0.15, 0.2) is 29.1 Å². The molecular weight excluding hydrogens is 346 g/mol. The van der Waals surface area contributed by atoms with Crippen molar-refractivity contribution in [3.63, 3.8) is 0 Å². The maximum absolute atomic E-state index is 12.6. The molecule has 5 rings (SSSR count). The van der Waals surface area contributed by atoms with Crippen LogP contribution in [0.1, 0.15) is 23.4 Å². The lowest BCUT2D eigenvalue weighted by Gasteiger charge is -2.19. The smallest absolute Gasteiger partial charge is 0.252 e. The Morgan fingerprint density at radius 3 is 2.89 bits per heavy atom. The molecule has 2 aliphatic heterocycles. The van der Waals surface area contributed by atoms with Crippen molar-refractivity contribution in [2.24, 2.45) is 0 Å². The lowest BCUT2D eigenvalue weighted by atomic mass is 10.1. The number of aryl methyl sites for hydroxylation is 1. The Kier molecular flexibility index (Phi) is 3.62. The molecule has 8 nitrogen and oxygen atoms in total. The Balaban J connectivity index is 1.45. The second-order valence-corrected chi connectivity index (χ2v) is 6.84. The number of pyridine rings is 1. The summed E-state index contributed by atoms with van der Waals surface area (Å²) in [7, 11) is 0. The maximum atomic E-state index is 12.6. The SMILES string of the molecule is N#Cc1cc2n(n1)CCCN(Cc1cc3cc4c(cc3[nH]c1=O)OCO4)C2. The van der Waals surface area contributed by atoms with Gasteiger partial charge in [0.15, 0.2) is 17.2 Å². The summed E-state index contributed by atoms with van der Waals surface area (Å²) >= 11 is 0. The summed E-state index contributed by atoms with van der Waals surface area (Å²) in [5, 5.41) is 14.3. The van der Waals surface area contributed by atoms with E-state index in [1.54, 1.807) is 6.07 Å². The molecule has 1 N–H and O–H groups in total. The number of rotatable bonds is 2. The van der Waals surface area contributed by atoms with Crippen molar-refractivity contribution in [2.45, 2.75) is 26.1 Å². The number of nitrogens with one attached hydrogen (secondary N) is 1. The second-order valence-electron chi connectivity index (χ2n) is 6.84. The molecule has 0 amide bonds. The van der Waals surface area contributed by atoms with E-state index in [0.717, 1.165) is 36.1 Å². The van der Waals surface area contributed by atoms with Gasteiger partial charge < -0.3 is 14.5 Å². The van der Waals surface area contributed by atoms with E-state index >= 15 is 0 Å². The molecule has 0 atom stereocenters. The highest BCUT2D eigenvalue weighted by Gasteiger charge is 2.19. The highest BCUT2D eigenvalue weighted by atomic mass is 16.7. The predicted molar refractivity (Wildman–Crippen MR) is 96.4 cm³/mol. The zero-order valence-corrected chi connectivity index (χ0v) is 14.6. The molecule has 136 valence electrons. The van der Waals surface area contributed by atoms with Crippen LogP contribution in [0.5, 0.6) is 11.5 Å². The Hall–Kier alpha value is -3.31. The average molecular weight is 363 g/mol. The first kappa shape index (κ1) is 15.9. The van der Waals surface area contributed by atoms with Crippen LogP contribution in [0.25, 0.3) is 10.9 Å². The number of nitriles is 1. The summed E-state index contributed by atoms with van der Waals surface area (Å²) in [5.41, 5.74) is 2.78. The third kappa shape index (κ3) is 2.82. The fourth-order valence-electron chi connectivity index (χ4n) is 3.72. The Bertz CT molecular complexity index is 1140. The van der Waals surface area contributed by atoms with Gasteiger partial charge >= 0.3 is 0 Å². The number of hydrogen-bond acceptors (Lipinski definition) is 6. The van der Waals surface area contributed by atoms with Gasteiger partial charge in [-0.1, -0.05) is 0 Å². The third-order valence-electron chi connectivity index (χ3n) is 5.02. The number of nitrogens with zero attached hydrogens (tertiary/aromatic N) is 4. The van der Waals surface area contributed by atoms with Gasteiger partial charge in [0.05, 0.1) is 11.2 Å². The van der Waals surface area contributed by atoms with E-state index in [-0.39, 0.29) is 12.4 Å². The fourth-order valence-corrected chi connectivity index (χ4v) is 3.72. The minimum Gasteiger partial charge on any atom is -0.454 e. The normalized spacial score (nSPS) is 16.1. The van der Waals surface area contributed by atoms with Crippen molar-refractivity contribution in [1.82, 2.24) is 19.7 Å². The topological polar surface area (TPSA) is 96.2 Å². The Morgan fingerprint density at radius 2 is 2.04 bits per heavy atom. The lowest BCUT2D eigenvalue weighted by Crippen LogP contribution is -2.26. The van der Waals surface area contributed by atoms with Crippen molar-refractivity contribution in [1.29, 1.82) is 5.26 Å². The van der Waals surface area contributed by atoms with Gasteiger partial charge in [-0.05, 0) is 24.6 Å². The minimum atomic E-state index is -0.100. The van der Waals surface area contributed by atoms with Gasteiger partial charge in [-0.15, -0.1) is 0 Å². The van der Waals surface area contributed by atoms with Gasteiger partial charge in [-0.2, -0.15) is 10.4 Å². The van der Waals surface area contributed by atoms with Crippen LogP contribution >= 0.6 is 0 Å². The van der Waals surface area contributed by atoms with E-state index in [1.807, 2.05) is 22.9 Å². The number of H-pyrrole nitrogens is 1. The number of hydrogen-bond donors (Lipinski definition) is 1. The molecule has 2 aliphatic rings. The Labute approximate surface area is 154 Å². The van der Waals surface area contributed by atoms with E-state index in [4.69, 9.17) is 14.7 Å². The summed E-state index contributed by atoms with van der Waals surface area (Å²) in [6, 6.07) is 9.53. The predicted octanol–water partition coefficient (Wildman–Crippen LogP) is 1.73. The molecule has 0 aliphatic carbocycles. The molecule has 0 bridgehead atoms. The lowest BCUT2D eigenvalue weighted by molar-refractivity contribution is 0.174. The van der Waals surface area contributed by atoms with Crippen molar-refractivity contribution < 1.29 is 9.47 Å². The molecule has 0 saturated heterocycles. The van der Waals surface area contributed by atoms with E-state index in [2.05, 4.69) is 21.1 Å². The van der Waals surface area contributed by atoms with Crippen molar-refractivity contribution >= 4 is 10.9 Å². The number of ether oxygens (including phenoxy) is 2.